The molecule has 3 aliphatic rings. The number of benzene rings is 1. The molecule has 0 radical (unpaired) electrons. The SMILES string of the molecule is CC1(C)CCCN(C(=O)Cc2ccc3c(c2)CCCC3)C1CN1CC=CC1.Cl. The van der Waals surface area contributed by atoms with Crippen molar-refractivity contribution in [3.8, 4) is 0 Å². The molecule has 1 unspecified atom stereocenters. The minimum atomic E-state index is 0. The molecule has 4 rings (SSSR count). The zero-order valence-corrected chi connectivity index (χ0v) is 18.3. The van der Waals surface area contributed by atoms with Crippen LogP contribution < -0.4 is 0 Å². The third-order valence-corrected chi connectivity index (χ3v) is 6.91. The lowest BCUT2D eigenvalue weighted by atomic mass is 9.76. The minimum Gasteiger partial charge on any atom is -0.338 e. The molecule has 4 heteroatoms. The highest BCUT2D eigenvalue weighted by Crippen LogP contribution is 2.36. The Morgan fingerprint density at radius 1 is 1.07 bits per heavy atom. The van der Waals surface area contributed by atoms with Gasteiger partial charge in [-0.1, -0.05) is 44.2 Å². The van der Waals surface area contributed by atoms with Gasteiger partial charge in [-0.05, 0) is 60.6 Å². The zero-order valence-electron chi connectivity index (χ0n) is 17.5. The Morgan fingerprint density at radius 3 is 2.54 bits per heavy atom. The number of likely N-dealkylation sites (tertiary alicyclic amines) is 1. The number of carbonyl (C=O) groups excluding carboxylic acids is 1. The number of piperidine rings is 1. The second-order valence-electron chi connectivity index (χ2n) is 9.37. The maximum Gasteiger partial charge on any atom is 0.227 e. The molecule has 2 heterocycles. The van der Waals surface area contributed by atoms with Crippen LogP contribution in [-0.4, -0.2) is 47.9 Å². The fraction of sp³-hybridized carbons (Fsp3) is 0.625. The lowest BCUT2D eigenvalue weighted by Crippen LogP contribution is -2.57. The Hall–Kier alpha value is -1.32. The van der Waals surface area contributed by atoms with Crippen LogP contribution in [0, 0.1) is 5.41 Å². The molecule has 0 N–H and O–H groups in total. The van der Waals surface area contributed by atoms with E-state index in [1.165, 1.54) is 48.8 Å². The first kappa shape index (κ1) is 21.4. The van der Waals surface area contributed by atoms with Gasteiger partial charge in [-0.15, -0.1) is 12.4 Å². The van der Waals surface area contributed by atoms with Crippen LogP contribution in [0.2, 0.25) is 0 Å². The first-order valence-corrected chi connectivity index (χ1v) is 10.8. The second kappa shape index (κ2) is 9.00. The maximum atomic E-state index is 13.3. The number of aryl methyl sites for hydroxylation is 2. The van der Waals surface area contributed by atoms with Crippen molar-refractivity contribution in [1.82, 2.24) is 9.80 Å². The van der Waals surface area contributed by atoms with E-state index in [0.29, 0.717) is 18.4 Å². The first-order chi connectivity index (χ1) is 13.0. The number of halogens is 1. The van der Waals surface area contributed by atoms with Crippen molar-refractivity contribution in [3.05, 3.63) is 47.0 Å². The molecule has 154 valence electrons. The van der Waals surface area contributed by atoms with E-state index in [2.05, 4.69) is 54.0 Å². The molecule has 0 saturated carbocycles. The molecule has 1 amide bonds. The lowest BCUT2D eigenvalue weighted by Gasteiger charge is -2.48. The van der Waals surface area contributed by atoms with Crippen LogP contribution in [-0.2, 0) is 24.1 Å². The first-order valence-electron chi connectivity index (χ1n) is 10.8. The molecule has 1 saturated heterocycles. The molecule has 0 aromatic heterocycles. The standard InChI is InChI=1S/C24H34N2O.ClH/c1-24(2)12-7-15-26(22(24)18-25-13-5-6-14-25)23(27)17-19-10-11-20-8-3-4-9-21(20)16-19;/h5-6,10-11,16,22H,3-4,7-9,12-15,17-18H2,1-2H3;1H. The summed E-state index contributed by atoms with van der Waals surface area (Å²) in [4.78, 5) is 18.0. The summed E-state index contributed by atoms with van der Waals surface area (Å²) in [5.41, 5.74) is 4.36. The summed E-state index contributed by atoms with van der Waals surface area (Å²) in [6, 6.07) is 7.08. The van der Waals surface area contributed by atoms with Gasteiger partial charge >= 0.3 is 0 Å². The van der Waals surface area contributed by atoms with E-state index in [0.717, 1.165) is 32.6 Å². The molecular weight excluding hydrogens is 368 g/mol. The van der Waals surface area contributed by atoms with Crippen LogP contribution in [0.1, 0.15) is 56.2 Å². The molecule has 0 spiro atoms. The normalized spacial score (nSPS) is 23.9. The van der Waals surface area contributed by atoms with Crippen LogP contribution >= 0.6 is 12.4 Å². The largest absolute Gasteiger partial charge is 0.338 e. The Labute approximate surface area is 176 Å². The van der Waals surface area contributed by atoms with Crippen molar-refractivity contribution in [1.29, 1.82) is 0 Å². The highest BCUT2D eigenvalue weighted by molar-refractivity contribution is 5.85. The second-order valence-corrected chi connectivity index (χ2v) is 9.37. The molecule has 1 aromatic carbocycles. The molecule has 28 heavy (non-hydrogen) atoms. The third kappa shape index (κ3) is 4.63. The van der Waals surface area contributed by atoms with Crippen molar-refractivity contribution < 1.29 is 4.79 Å². The van der Waals surface area contributed by atoms with Crippen molar-refractivity contribution in [2.24, 2.45) is 5.41 Å². The average Bonchev–Trinajstić information content (AvgIpc) is 3.16. The van der Waals surface area contributed by atoms with Gasteiger partial charge in [-0.25, -0.2) is 0 Å². The molecule has 0 bridgehead atoms. The summed E-state index contributed by atoms with van der Waals surface area (Å²) >= 11 is 0. The summed E-state index contributed by atoms with van der Waals surface area (Å²) < 4.78 is 0. The van der Waals surface area contributed by atoms with Crippen molar-refractivity contribution in [2.75, 3.05) is 26.2 Å². The lowest BCUT2D eigenvalue weighted by molar-refractivity contribution is -0.138. The summed E-state index contributed by atoms with van der Waals surface area (Å²) in [5.74, 6) is 0.315. The number of fused-ring (bicyclic) bond motifs is 1. The Bertz CT molecular complexity index is 719. The van der Waals surface area contributed by atoms with Crippen LogP contribution in [0.4, 0.5) is 0 Å². The monoisotopic (exact) mass is 402 g/mol. The van der Waals surface area contributed by atoms with Gasteiger partial charge in [-0.3, -0.25) is 9.69 Å². The van der Waals surface area contributed by atoms with E-state index >= 15 is 0 Å². The fourth-order valence-electron chi connectivity index (χ4n) is 5.18. The quantitative estimate of drug-likeness (QED) is 0.696. The van der Waals surface area contributed by atoms with Crippen LogP contribution in [0.3, 0.4) is 0 Å². The Balaban J connectivity index is 0.00000225. The fourth-order valence-corrected chi connectivity index (χ4v) is 5.18. The molecule has 1 atom stereocenters. The van der Waals surface area contributed by atoms with Gasteiger partial charge in [0.05, 0.1) is 6.42 Å². The summed E-state index contributed by atoms with van der Waals surface area (Å²) in [7, 11) is 0. The van der Waals surface area contributed by atoms with E-state index in [1.807, 2.05) is 0 Å². The topological polar surface area (TPSA) is 23.6 Å². The molecule has 3 nitrogen and oxygen atoms in total. The summed E-state index contributed by atoms with van der Waals surface area (Å²) in [6.07, 6.45) is 12.4. The predicted molar refractivity (Wildman–Crippen MR) is 118 cm³/mol. The Kier molecular flexibility index (Phi) is 6.88. The van der Waals surface area contributed by atoms with Gasteiger partial charge in [0.25, 0.3) is 0 Å². The Morgan fingerprint density at radius 2 is 1.79 bits per heavy atom. The minimum absolute atomic E-state index is 0. The third-order valence-electron chi connectivity index (χ3n) is 6.91. The van der Waals surface area contributed by atoms with Crippen LogP contribution in [0.25, 0.3) is 0 Å². The molecule has 1 aliphatic carbocycles. The summed E-state index contributed by atoms with van der Waals surface area (Å²) in [6.45, 7) is 8.66. The predicted octanol–water partition coefficient (Wildman–Crippen LogP) is 4.42. The van der Waals surface area contributed by atoms with Crippen molar-refractivity contribution in [2.45, 2.75) is 64.8 Å². The van der Waals surface area contributed by atoms with Gasteiger partial charge in [0.1, 0.15) is 0 Å². The van der Waals surface area contributed by atoms with Crippen molar-refractivity contribution in [3.63, 3.8) is 0 Å². The summed E-state index contributed by atoms with van der Waals surface area (Å²) in [5, 5.41) is 0. The number of nitrogens with zero attached hydrogens (tertiary/aromatic N) is 2. The number of amides is 1. The van der Waals surface area contributed by atoms with E-state index < -0.39 is 0 Å². The number of hydrogen-bond acceptors (Lipinski definition) is 2. The number of carbonyl (C=O) groups is 1. The van der Waals surface area contributed by atoms with Gasteiger partial charge in [0.15, 0.2) is 0 Å². The van der Waals surface area contributed by atoms with Crippen LogP contribution in [0.15, 0.2) is 30.4 Å². The smallest absolute Gasteiger partial charge is 0.227 e. The van der Waals surface area contributed by atoms with Crippen LogP contribution in [0.5, 0.6) is 0 Å². The number of hydrogen-bond donors (Lipinski definition) is 0. The van der Waals surface area contributed by atoms with E-state index in [9.17, 15) is 4.79 Å². The van der Waals surface area contributed by atoms with E-state index in [1.54, 1.807) is 0 Å². The van der Waals surface area contributed by atoms with Crippen molar-refractivity contribution >= 4 is 18.3 Å². The molecule has 1 fully saturated rings. The van der Waals surface area contributed by atoms with Gasteiger partial charge in [-0.2, -0.15) is 0 Å². The maximum absolute atomic E-state index is 13.3. The zero-order chi connectivity index (χ0) is 18.9. The molecule has 1 aromatic rings. The highest BCUT2D eigenvalue weighted by Gasteiger charge is 2.40. The van der Waals surface area contributed by atoms with E-state index in [-0.39, 0.29) is 17.8 Å². The number of rotatable bonds is 4. The van der Waals surface area contributed by atoms with Gasteiger partial charge < -0.3 is 4.90 Å². The highest BCUT2D eigenvalue weighted by atomic mass is 35.5. The molecular formula is C24H35ClN2O. The van der Waals surface area contributed by atoms with Gasteiger partial charge in [0.2, 0.25) is 5.91 Å². The van der Waals surface area contributed by atoms with Gasteiger partial charge in [0, 0.05) is 32.2 Å². The van der Waals surface area contributed by atoms with E-state index in [4.69, 9.17) is 0 Å². The average molecular weight is 403 g/mol. The molecule has 2 aliphatic heterocycles.